The van der Waals surface area contributed by atoms with Crippen molar-refractivity contribution in [3.63, 3.8) is 0 Å². The lowest BCUT2D eigenvalue weighted by Crippen LogP contribution is -2.06. The number of nitrogen functional groups attached to an aromatic ring is 1. The van der Waals surface area contributed by atoms with Gasteiger partial charge in [0.25, 0.3) is 5.56 Å². The fourth-order valence-corrected chi connectivity index (χ4v) is 2.22. The first-order chi connectivity index (χ1) is 10.1. The Balaban J connectivity index is 2.22. The Labute approximate surface area is 125 Å². The molecule has 0 radical (unpaired) electrons. The van der Waals surface area contributed by atoms with Gasteiger partial charge in [-0.15, -0.1) is 0 Å². The summed E-state index contributed by atoms with van der Waals surface area (Å²) in [5, 5.41) is 11.4. The van der Waals surface area contributed by atoms with E-state index in [0.717, 1.165) is 11.1 Å². The molecule has 0 unspecified atom stereocenters. The highest BCUT2D eigenvalue weighted by Crippen LogP contribution is 2.35. The van der Waals surface area contributed by atoms with Gasteiger partial charge in [-0.05, 0) is 23.8 Å². The van der Waals surface area contributed by atoms with E-state index < -0.39 is 0 Å². The van der Waals surface area contributed by atoms with E-state index in [2.05, 4.69) is 15.3 Å². The van der Waals surface area contributed by atoms with Crippen molar-refractivity contribution < 1.29 is 0 Å². The van der Waals surface area contributed by atoms with Crippen LogP contribution >= 0.6 is 11.6 Å². The van der Waals surface area contributed by atoms with Gasteiger partial charge < -0.3 is 5.73 Å². The molecule has 0 aliphatic heterocycles. The Hall–Kier alpha value is -2.60. The second-order valence-corrected chi connectivity index (χ2v) is 4.98. The molecule has 3 rings (SSSR count). The lowest BCUT2D eigenvalue weighted by Gasteiger charge is -2.04. The molecule has 0 aliphatic carbocycles. The Morgan fingerprint density at radius 3 is 2.52 bits per heavy atom. The van der Waals surface area contributed by atoms with Crippen molar-refractivity contribution in [2.24, 2.45) is 7.05 Å². The number of benzene rings is 1. The number of rotatable bonds is 2. The Kier molecular flexibility index (Phi) is 3.23. The van der Waals surface area contributed by atoms with E-state index in [0.29, 0.717) is 22.2 Å². The molecule has 7 heteroatoms. The molecule has 0 aliphatic rings. The van der Waals surface area contributed by atoms with Gasteiger partial charge in [-0.3, -0.25) is 9.48 Å². The van der Waals surface area contributed by atoms with Crippen LogP contribution in [0.2, 0.25) is 5.02 Å². The topological polar surface area (TPSA) is 89.6 Å². The lowest BCUT2D eigenvalue weighted by molar-refractivity contribution is 0.780. The van der Waals surface area contributed by atoms with Crippen LogP contribution in [0.5, 0.6) is 0 Å². The number of aromatic nitrogens is 4. The minimum atomic E-state index is -0.268. The van der Waals surface area contributed by atoms with Gasteiger partial charge >= 0.3 is 0 Å². The Morgan fingerprint density at radius 1 is 1.19 bits per heavy atom. The van der Waals surface area contributed by atoms with Crippen molar-refractivity contribution in [1.29, 1.82) is 0 Å². The molecule has 6 nitrogen and oxygen atoms in total. The highest BCUT2D eigenvalue weighted by Gasteiger charge is 2.18. The van der Waals surface area contributed by atoms with Crippen LogP contribution in [0, 0.1) is 0 Å². The minimum Gasteiger partial charge on any atom is -0.383 e. The van der Waals surface area contributed by atoms with Gasteiger partial charge in [0.2, 0.25) is 0 Å². The molecule has 0 atom stereocenters. The number of anilines is 1. The summed E-state index contributed by atoms with van der Waals surface area (Å²) in [5.74, 6) is 0.514. The number of halogens is 1. The molecule has 0 bridgehead atoms. The first kappa shape index (κ1) is 13.4. The molecule has 0 amide bonds. The molecule has 3 N–H and O–H groups in total. The molecule has 3 aromatic rings. The number of aromatic amines is 1. The summed E-state index contributed by atoms with van der Waals surface area (Å²) in [4.78, 5) is 11.1. The van der Waals surface area contributed by atoms with E-state index in [-0.39, 0.29) is 5.56 Å². The fourth-order valence-electron chi connectivity index (χ4n) is 2.09. The second-order valence-electron chi connectivity index (χ2n) is 4.55. The molecule has 0 saturated heterocycles. The lowest BCUT2D eigenvalue weighted by atomic mass is 10.0. The standard InChI is InChI=1S/C14H12ClN5O/c1-20-14(16)12(8-2-4-9(15)5-3-8)13(19-20)10-6-7-11(21)18-17-10/h2-7H,16H2,1H3,(H,18,21). The van der Waals surface area contributed by atoms with Crippen LogP contribution in [0.4, 0.5) is 5.82 Å². The van der Waals surface area contributed by atoms with Crippen molar-refractivity contribution in [3.05, 3.63) is 51.8 Å². The van der Waals surface area contributed by atoms with Gasteiger partial charge in [-0.25, -0.2) is 5.10 Å². The SMILES string of the molecule is Cn1nc(-c2ccc(=O)[nH]n2)c(-c2ccc(Cl)cc2)c1N. The molecular formula is C14H12ClN5O. The third kappa shape index (κ3) is 2.41. The van der Waals surface area contributed by atoms with Gasteiger partial charge in [0.15, 0.2) is 0 Å². The first-order valence-electron chi connectivity index (χ1n) is 6.21. The number of nitrogens with one attached hydrogen (secondary N) is 1. The average molecular weight is 302 g/mol. The Bertz CT molecular complexity index is 830. The quantitative estimate of drug-likeness (QED) is 0.758. The van der Waals surface area contributed by atoms with Crippen LogP contribution in [0.3, 0.4) is 0 Å². The zero-order chi connectivity index (χ0) is 15.0. The van der Waals surface area contributed by atoms with Gasteiger partial charge in [0.1, 0.15) is 17.2 Å². The summed E-state index contributed by atoms with van der Waals surface area (Å²) in [6.07, 6.45) is 0. The van der Waals surface area contributed by atoms with Crippen molar-refractivity contribution in [2.75, 3.05) is 5.73 Å². The van der Waals surface area contributed by atoms with Crippen LogP contribution < -0.4 is 11.3 Å². The average Bonchev–Trinajstić information content (AvgIpc) is 2.77. The van der Waals surface area contributed by atoms with E-state index in [4.69, 9.17) is 17.3 Å². The van der Waals surface area contributed by atoms with Crippen LogP contribution in [0.15, 0.2) is 41.2 Å². The van der Waals surface area contributed by atoms with E-state index >= 15 is 0 Å². The highest BCUT2D eigenvalue weighted by atomic mass is 35.5. The summed E-state index contributed by atoms with van der Waals surface area (Å²) in [6.45, 7) is 0. The van der Waals surface area contributed by atoms with Crippen molar-refractivity contribution in [2.45, 2.75) is 0 Å². The van der Waals surface area contributed by atoms with Crippen LogP contribution in [-0.4, -0.2) is 20.0 Å². The van der Waals surface area contributed by atoms with Gasteiger partial charge in [-0.1, -0.05) is 23.7 Å². The molecule has 0 fully saturated rings. The van der Waals surface area contributed by atoms with Gasteiger partial charge in [-0.2, -0.15) is 10.2 Å². The summed E-state index contributed by atoms with van der Waals surface area (Å²) < 4.78 is 1.58. The van der Waals surface area contributed by atoms with Crippen LogP contribution in [0.25, 0.3) is 22.5 Å². The van der Waals surface area contributed by atoms with Crippen molar-refractivity contribution in [1.82, 2.24) is 20.0 Å². The van der Waals surface area contributed by atoms with Gasteiger partial charge in [0.05, 0.1) is 5.56 Å². The maximum absolute atomic E-state index is 11.1. The van der Waals surface area contributed by atoms with E-state index in [1.807, 2.05) is 12.1 Å². The second kappa shape index (κ2) is 5.06. The first-order valence-corrected chi connectivity index (χ1v) is 6.58. The van der Waals surface area contributed by atoms with Crippen LogP contribution in [-0.2, 0) is 7.05 Å². The highest BCUT2D eigenvalue weighted by molar-refractivity contribution is 6.30. The number of H-pyrrole nitrogens is 1. The predicted molar refractivity (Wildman–Crippen MR) is 81.9 cm³/mol. The van der Waals surface area contributed by atoms with E-state index in [1.165, 1.54) is 6.07 Å². The monoisotopic (exact) mass is 301 g/mol. The summed E-state index contributed by atoms with van der Waals surface area (Å²) >= 11 is 5.91. The number of hydrogen-bond donors (Lipinski definition) is 2. The molecule has 0 saturated carbocycles. The predicted octanol–water partition coefficient (Wildman–Crippen LogP) is 2.07. The Morgan fingerprint density at radius 2 is 1.90 bits per heavy atom. The maximum Gasteiger partial charge on any atom is 0.264 e. The molecule has 21 heavy (non-hydrogen) atoms. The minimum absolute atomic E-state index is 0.268. The smallest absolute Gasteiger partial charge is 0.264 e. The van der Waals surface area contributed by atoms with Crippen LogP contribution in [0.1, 0.15) is 0 Å². The largest absolute Gasteiger partial charge is 0.383 e. The van der Waals surface area contributed by atoms with Crippen molar-refractivity contribution in [3.8, 4) is 22.5 Å². The summed E-state index contributed by atoms with van der Waals surface area (Å²) in [7, 11) is 1.75. The third-order valence-electron chi connectivity index (χ3n) is 3.15. The number of nitrogens with two attached hydrogens (primary N) is 1. The molecule has 2 heterocycles. The normalized spacial score (nSPS) is 10.8. The summed E-state index contributed by atoms with van der Waals surface area (Å²) in [5.41, 5.74) is 8.63. The zero-order valence-electron chi connectivity index (χ0n) is 11.2. The zero-order valence-corrected chi connectivity index (χ0v) is 11.9. The molecule has 106 valence electrons. The van der Waals surface area contributed by atoms with E-state index in [9.17, 15) is 4.79 Å². The third-order valence-corrected chi connectivity index (χ3v) is 3.40. The van der Waals surface area contributed by atoms with Gasteiger partial charge in [0, 0.05) is 18.1 Å². The van der Waals surface area contributed by atoms with Crippen molar-refractivity contribution >= 4 is 17.4 Å². The number of hydrogen-bond acceptors (Lipinski definition) is 4. The molecular weight excluding hydrogens is 290 g/mol. The molecule has 1 aromatic carbocycles. The maximum atomic E-state index is 11.1. The number of aryl methyl sites for hydroxylation is 1. The molecule has 0 spiro atoms. The summed E-state index contributed by atoms with van der Waals surface area (Å²) in [6, 6.07) is 10.3. The fraction of sp³-hybridized carbons (Fsp3) is 0.0714. The van der Waals surface area contributed by atoms with E-state index in [1.54, 1.807) is 29.9 Å². The number of nitrogens with zero attached hydrogens (tertiary/aromatic N) is 3. The molecule has 2 aromatic heterocycles.